The Kier molecular flexibility index (Phi) is 7.14. The van der Waals surface area contributed by atoms with Crippen LogP contribution in [0.5, 0.6) is 11.5 Å². The van der Waals surface area contributed by atoms with Crippen molar-refractivity contribution in [3.05, 3.63) is 47.5 Å². The molecule has 33 heavy (non-hydrogen) atoms. The number of phenolic OH excluding ortho intramolecular Hbond substituents is 2. The normalized spacial score (nSPS) is 13.9. The topological polar surface area (TPSA) is 74.6 Å². The number of para-hydroxylation sites is 2. The minimum Gasteiger partial charge on any atom is -0.506 e. The van der Waals surface area contributed by atoms with Crippen molar-refractivity contribution in [1.29, 1.82) is 0 Å². The van der Waals surface area contributed by atoms with E-state index in [-0.39, 0.29) is 32.1 Å². The average molecular weight is 475 g/mol. The lowest BCUT2D eigenvalue weighted by Gasteiger charge is -2.34. The maximum atomic E-state index is 13.7. The Balaban J connectivity index is 2.66. The van der Waals surface area contributed by atoms with Crippen molar-refractivity contribution < 1.29 is 18.6 Å². The van der Waals surface area contributed by atoms with Crippen LogP contribution in [0.4, 0.5) is 0 Å². The minimum absolute atomic E-state index is 0.00391. The molecule has 0 radical (unpaired) electrons. The number of aromatic hydroxyl groups is 2. The highest BCUT2D eigenvalue weighted by atomic mass is 32.2. The van der Waals surface area contributed by atoms with Gasteiger partial charge in [-0.15, -0.1) is 0 Å². The zero-order chi connectivity index (χ0) is 25.6. The molecule has 0 unspecified atom stereocenters. The SMILES string of the molecule is CC(C)(C)CC(C)(C)c1cccc(S(=O)(=O)c2cccc(C(C)(C)CC(C)(C)C)c2O)c1O. The first-order valence-electron chi connectivity index (χ1n) is 11.6. The molecule has 2 rings (SSSR count). The van der Waals surface area contributed by atoms with Crippen LogP contribution in [-0.2, 0) is 20.7 Å². The highest BCUT2D eigenvalue weighted by Crippen LogP contribution is 2.46. The second-order valence-electron chi connectivity index (χ2n) is 13.1. The Hall–Kier alpha value is -2.01. The van der Waals surface area contributed by atoms with E-state index in [0.29, 0.717) is 11.1 Å². The van der Waals surface area contributed by atoms with Crippen LogP contribution in [0.3, 0.4) is 0 Å². The molecule has 0 aliphatic carbocycles. The number of rotatable bonds is 6. The molecule has 0 aromatic heterocycles. The van der Waals surface area contributed by atoms with E-state index in [1.165, 1.54) is 12.1 Å². The Labute approximate surface area is 201 Å². The van der Waals surface area contributed by atoms with E-state index in [1.54, 1.807) is 24.3 Å². The average Bonchev–Trinajstić information content (AvgIpc) is 2.57. The molecule has 5 heteroatoms. The first-order chi connectivity index (χ1) is 14.7. The lowest BCUT2D eigenvalue weighted by molar-refractivity contribution is 0.277. The minimum atomic E-state index is -4.15. The van der Waals surface area contributed by atoms with Gasteiger partial charge >= 0.3 is 0 Å². The van der Waals surface area contributed by atoms with Gasteiger partial charge in [-0.05, 0) is 46.6 Å². The predicted molar refractivity (Wildman–Crippen MR) is 136 cm³/mol. The molecular weight excluding hydrogens is 432 g/mol. The fourth-order valence-electron chi connectivity index (χ4n) is 5.53. The smallest absolute Gasteiger partial charge is 0.213 e. The summed E-state index contributed by atoms with van der Waals surface area (Å²) in [6.07, 6.45) is 1.53. The van der Waals surface area contributed by atoms with Crippen LogP contribution >= 0.6 is 0 Å². The molecule has 0 bridgehead atoms. The number of hydrogen-bond donors (Lipinski definition) is 2. The summed E-state index contributed by atoms with van der Waals surface area (Å²) in [7, 11) is -4.15. The van der Waals surface area contributed by atoms with Gasteiger partial charge in [0.15, 0.2) is 0 Å². The number of sulfone groups is 1. The fourth-order valence-corrected chi connectivity index (χ4v) is 7.01. The van der Waals surface area contributed by atoms with Gasteiger partial charge in [0.1, 0.15) is 21.3 Å². The van der Waals surface area contributed by atoms with Crippen LogP contribution < -0.4 is 0 Å². The molecule has 0 atom stereocenters. The van der Waals surface area contributed by atoms with Gasteiger partial charge in [-0.2, -0.15) is 0 Å². The van der Waals surface area contributed by atoms with Gasteiger partial charge in [-0.3, -0.25) is 0 Å². The van der Waals surface area contributed by atoms with Crippen LogP contribution in [0.2, 0.25) is 0 Å². The van der Waals surface area contributed by atoms with Gasteiger partial charge in [-0.1, -0.05) is 93.5 Å². The van der Waals surface area contributed by atoms with E-state index in [2.05, 4.69) is 41.5 Å². The second-order valence-corrected chi connectivity index (χ2v) is 14.9. The molecule has 4 nitrogen and oxygen atoms in total. The van der Waals surface area contributed by atoms with Crippen molar-refractivity contribution in [2.24, 2.45) is 10.8 Å². The highest BCUT2D eigenvalue weighted by Gasteiger charge is 2.36. The van der Waals surface area contributed by atoms with E-state index in [9.17, 15) is 18.6 Å². The monoisotopic (exact) mass is 474 g/mol. The van der Waals surface area contributed by atoms with Gasteiger partial charge in [0.05, 0.1) is 0 Å². The molecule has 0 saturated carbocycles. The molecule has 0 spiro atoms. The van der Waals surface area contributed by atoms with Crippen molar-refractivity contribution in [3.8, 4) is 11.5 Å². The quantitative estimate of drug-likeness (QED) is 0.459. The van der Waals surface area contributed by atoms with E-state index < -0.39 is 20.7 Å². The third-order valence-corrected chi connectivity index (χ3v) is 7.80. The molecule has 0 aliphatic heterocycles. The van der Waals surface area contributed by atoms with Gasteiger partial charge in [0.2, 0.25) is 9.84 Å². The summed E-state index contributed by atoms with van der Waals surface area (Å²) in [4.78, 5) is -0.355. The van der Waals surface area contributed by atoms with Crippen molar-refractivity contribution in [3.63, 3.8) is 0 Å². The number of benzene rings is 2. The van der Waals surface area contributed by atoms with E-state index >= 15 is 0 Å². The predicted octanol–water partition coefficient (Wildman–Crippen LogP) is 7.36. The first kappa shape index (κ1) is 27.2. The molecule has 2 aromatic rings. The summed E-state index contributed by atoms with van der Waals surface area (Å²) in [5.41, 5.74) is 0.287. The third-order valence-electron chi connectivity index (χ3n) is 5.98. The standard InChI is InChI=1S/C28H42O4S/c1-25(2,3)17-27(7,8)19-13-11-15-21(23(19)29)33(31,32)22-16-12-14-20(24(22)30)28(9,10)18-26(4,5)6/h11-16,29-30H,17-18H2,1-10H3. The van der Waals surface area contributed by atoms with Crippen LogP contribution in [-0.4, -0.2) is 18.6 Å². The Morgan fingerprint density at radius 3 is 1.18 bits per heavy atom. The molecule has 0 fully saturated rings. The molecule has 0 aliphatic rings. The fraction of sp³-hybridized carbons (Fsp3) is 0.571. The van der Waals surface area contributed by atoms with Crippen molar-refractivity contribution in [2.75, 3.05) is 0 Å². The second kappa shape index (κ2) is 8.65. The molecule has 0 heterocycles. The summed E-state index contributed by atoms with van der Waals surface area (Å²) >= 11 is 0. The lowest BCUT2D eigenvalue weighted by atomic mass is 9.72. The zero-order valence-corrected chi connectivity index (χ0v) is 22.8. The van der Waals surface area contributed by atoms with Gasteiger partial charge in [0.25, 0.3) is 0 Å². The summed E-state index contributed by atoms with van der Waals surface area (Å²) in [6.45, 7) is 20.8. The van der Waals surface area contributed by atoms with Crippen LogP contribution in [0.15, 0.2) is 46.2 Å². The van der Waals surface area contributed by atoms with Crippen molar-refractivity contribution in [2.45, 2.75) is 103 Å². The van der Waals surface area contributed by atoms with Gasteiger partial charge < -0.3 is 10.2 Å². The molecule has 0 amide bonds. The van der Waals surface area contributed by atoms with E-state index in [1.807, 2.05) is 27.7 Å². The van der Waals surface area contributed by atoms with Crippen LogP contribution in [0, 0.1) is 10.8 Å². The third kappa shape index (κ3) is 6.11. The Bertz CT molecular complexity index is 1030. The van der Waals surface area contributed by atoms with Crippen molar-refractivity contribution >= 4 is 9.84 Å². The van der Waals surface area contributed by atoms with E-state index in [4.69, 9.17) is 0 Å². The van der Waals surface area contributed by atoms with Crippen LogP contribution in [0.1, 0.15) is 93.2 Å². The molecule has 2 N–H and O–H groups in total. The van der Waals surface area contributed by atoms with Crippen molar-refractivity contribution in [1.82, 2.24) is 0 Å². The summed E-state index contributed by atoms with van der Waals surface area (Å²) in [5, 5.41) is 22.3. The molecule has 184 valence electrons. The van der Waals surface area contributed by atoms with Gasteiger partial charge in [0, 0.05) is 11.1 Å². The van der Waals surface area contributed by atoms with Gasteiger partial charge in [-0.25, -0.2) is 8.42 Å². The maximum Gasteiger partial charge on any atom is 0.213 e. The zero-order valence-electron chi connectivity index (χ0n) is 22.0. The number of hydrogen-bond acceptors (Lipinski definition) is 4. The summed E-state index contributed by atoms with van der Waals surface area (Å²) in [5.74, 6) is -0.490. The Morgan fingerprint density at radius 1 is 0.606 bits per heavy atom. The molecule has 0 saturated heterocycles. The lowest BCUT2D eigenvalue weighted by Crippen LogP contribution is -2.25. The molecular formula is C28H42O4S. The largest absolute Gasteiger partial charge is 0.506 e. The van der Waals surface area contributed by atoms with E-state index in [0.717, 1.165) is 12.8 Å². The highest BCUT2D eigenvalue weighted by molar-refractivity contribution is 7.91. The number of phenols is 2. The Morgan fingerprint density at radius 2 is 0.909 bits per heavy atom. The van der Waals surface area contributed by atoms with Crippen LogP contribution in [0.25, 0.3) is 0 Å². The first-order valence-corrected chi connectivity index (χ1v) is 13.1. The maximum absolute atomic E-state index is 13.7. The molecule has 2 aromatic carbocycles. The summed E-state index contributed by atoms with van der Waals surface area (Å²) in [6, 6.07) is 9.71. The summed E-state index contributed by atoms with van der Waals surface area (Å²) < 4.78 is 27.4.